The summed E-state index contributed by atoms with van der Waals surface area (Å²) in [7, 11) is 0. The summed E-state index contributed by atoms with van der Waals surface area (Å²) in [5, 5.41) is 4.18. The van der Waals surface area contributed by atoms with Gasteiger partial charge in [-0.3, -0.25) is 0 Å². The Bertz CT molecular complexity index is 587. The fraction of sp³-hybridized carbons (Fsp3) is 0.333. The molecule has 102 valence electrons. The highest BCUT2D eigenvalue weighted by Crippen LogP contribution is 2.31. The number of nitrogen functional groups attached to an aromatic ring is 1. The average molecular weight is 270 g/mol. The number of halogens is 3. The second kappa shape index (κ2) is 4.56. The minimum absolute atomic E-state index is 0.0548. The Kier molecular flexibility index (Phi) is 3.21. The van der Waals surface area contributed by atoms with Gasteiger partial charge >= 0.3 is 6.18 Å². The predicted molar refractivity (Wildman–Crippen MR) is 64.9 cm³/mol. The van der Waals surface area contributed by atoms with Gasteiger partial charge in [-0.25, -0.2) is 9.67 Å². The lowest BCUT2D eigenvalue weighted by Crippen LogP contribution is -2.10. The maximum atomic E-state index is 12.7. The van der Waals surface area contributed by atoms with Crippen LogP contribution in [0.3, 0.4) is 0 Å². The van der Waals surface area contributed by atoms with Crippen LogP contribution in [0, 0.1) is 0 Å². The lowest BCUT2D eigenvalue weighted by Gasteiger charge is -2.09. The number of pyridine rings is 1. The molecule has 0 unspecified atom stereocenters. The van der Waals surface area contributed by atoms with Crippen LogP contribution >= 0.6 is 0 Å². The lowest BCUT2D eigenvalue weighted by molar-refractivity contribution is -0.137. The minimum atomic E-state index is -4.46. The highest BCUT2D eigenvalue weighted by Gasteiger charge is 2.31. The first kappa shape index (κ1) is 13.4. The first-order valence-corrected chi connectivity index (χ1v) is 5.68. The van der Waals surface area contributed by atoms with E-state index in [9.17, 15) is 13.2 Å². The maximum Gasteiger partial charge on any atom is 0.416 e. The van der Waals surface area contributed by atoms with Crippen molar-refractivity contribution in [3.05, 3.63) is 35.7 Å². The zero-order valence-electron chi connectivity index (χ0n) is 10.4. The van der Waals surface area contributed by atoms with Gasteiger partial charge < -0.3 is 5.73 Å². The molecule has 2 heterocycles. The molecule has 0 saturated heterocycles. The van der Waals surface area contributed by atoms with Crippen molar-refractivity contribution in [2.45, 2.75) is 25.9 Å². The molecule has 0 atom stereocenters. The molecule has 2 aromatic rings. The largest absolute Gasteiger partial charge is 0.416 e. The molecule has 19 heavy (non-hydrogen) atoms. The fourth-order valence-electron chi connectivity index (χ4n) is 1.59. The van der Waals surface area contributed by atoms with Crippen molar-refractivity contribution in [1.29, 1.82) is 0 Å². The molecule has 0 aromatic carbocycles. The van der Waals surface area contributed by atoms with Gasteiger partial charge in [-0.1, -0.05) is 13.8 Å². The second-order valence-electron chi connectivity index (χ2n) is 4.48. The Hall–Kier alpha value is -2.05. The van der Waals surface area contributed by atoms with Crippen LogP contribution in [0.5, 0.6) is 0 Å². The molecule has 0 radical (unpaired) electrons. The van der Waals surface area contributed by atoms with Crippen molar-refractivity contribution in [3.63, 3.8) is 0 Å². The molecule has 0 fully saturated rings. The summed E-state index contributed by atoms with van der Waals surface area (Å²) >= 11 is 0. The number of nitrogens with two attached hydrogens (primary N) is 1. The molecule has 0 aliphatic rings. The number of hydrogen-bond acceptors (Lipinski definition) is 3. The van der Waals surface area contributed by atoms with Crippen LogP contribution in [0.2, 0.25) is 0 Å². The number of nitrogens with zero attached hydrogens (tertiary/aromatic N) is 3. The van der Waals surface area contributed by atoms with Crippen LogP contribution < -0.4 is 5.73 Å². The van der Waals surface area contributed by atoms with E-state index in [2.05, 4.69) is 10.1 Å². The number of anilines is 1. The smallest absolute Gasteiger partial charge is 0.384 e. The highest BCUT2D eigenvalue weighted by atomic mass is 19.4. The molecular formula is C12H13F3N4. The highest BCUT2D eigenvalue weighted by molar-refractivity contribution is 5.41. The van der Waals surface area contributed by atoms with Gasteiger partial charge in [-0.2, -0.15) is 18.3 Å². The van der Waals surface area contributed by atoms with Gasteiger partial charge in [0, 0.05) is 6.20 Å². The average Bonchev–Trinajstić information content (AvgIpc) is 2.76. The molecule has 2 aromatic heterocycles. The molecule has 4 nitrogen and oxygen atoms in total. The summed E-state index contributed by atoms with van der Waals surface area (Å²) in [6.45, 7) is 3.89. The van der Waals surface area contributed by atoms with Crippen molar-refractivity contribution in [1.82, 2.24) is 14.8 Å². The third kappa shape index (κ3) is 2.86. The maximum absolute atomic E-state index is 12.7. The Morgan fingerprint density at radius 1 is 1.26 bits per heavy atom. The summed E-state index contributed by atoms with van der Waals surface area (Å²) in [6, 6.07) is 3.46. The Morgan fingerprint density at radius 2 is 1.95 bits per heavy atom. The van der Waals surface area contributed by atoms with E-state index in [1.54, 1.807) is 12.3 Å². The molecule has 0 amide bonds. The van der Waals surface area contributed by atoms with Gasteiger partial charge in [0.05, 0.1) is 11.3 Å². The van der Waals surface area contributed by atoms with Crippen molar-refractivity contribution in [2.24, 2.45) is 0 Å². The van der Waals surface area contributed by atoms with Crippen LogP contribution in [0.4, 0.5) is 19.0 Å². The number of rotatable bonds is 2. The molecule has 2 N–H and O–H groups in total. The van der Waals surface area contributed by atoms with Gasteiger partial charge in [-0.05, 0) is 24.1 Å². The van der Waals surface area contributed by atoms with E-state index >= 15 is 0 Å². The molecule has 0 bridgehead atoms. The molecule has 0 spiro atoms. The monoisotopic (exact) mass is 270 g/mol. The van der Waals surface area contributed by atoms with Crippen LogP contribution in [-0.2, 0) is 6.18 Å². The van der Waals surface area contributed by atoms with E-state index in [0.717, 1.165) is 17.8 Å². The van der Waals surface area contributed by atoms with E-state index in [-0.39, 0.29) is 17.6 Å². The van der Waals surface area contributed by atoms with Crippen LogP contribution in [-0.4, -0.2) is 14.8 Å². The topological polar surface area (TPSA) is 56.7 Å². The molecule has 2 rings (SSSR count). The Balaban J connectivity index is 2.47. The molecule has 0 aliphatic heterocycles. The van der Waals surface area contributed by atoms with E-state index in [1.807, 2.05) is 13.8 Å². The number of hydrogen-bond donors (Lipinski definition) is 1. The summed E-state index contributed by atoms with van der Waals surface area (Å²) in [5.74, 6) is 0.0510. The Labute approximate surface area is 108 Å². The van der Waals surface area contributed by atoms with Crippen molar-refractivity contribution >= 4 is 5.82 Å². The second-order valence-corrected chi connectivity index (χ2v) is 4.48. The normalized spacial score (nSPS) is 12.1. The van der Waals surface area contributed by atoms with E-state index in [4.69, 9.17) is 5.73 Å². The third-order valence-electron chi connectivity index (χ3n) is 2.59. The summed E-state index contributed by atoms with van der Waals surface area (Å²) in [4.78, 5) is 3.87. The molecular weight excluding hydrogens is 257 g/mol. The Morgan fingerprint density at radius 3 is 2.47 bits per heavy atom. The summed E-state index contributed by atoms with van der Waals surface area (Å²) in [5.41, 5.74) is 5.35. The first-order valence-electron chi connectivity index (χ1n) is 5.68. The lowest BCUT2D eigenvalue weighted by atomic mass is 10.1. The summed E-state index contributed by atoms with van der Waals surface area (Å²) < 4.78 is 39.3. The number of alkyl halides is 3. The molecule has 0 saturated carbocycles. The van der Waals surface area contributed by atoms with Gasteiger partial charge in [-0.15, -0.1) is 0 Å². The van der Waals surface area contributed by atoms with Crippen LogP contribution in [0.25, 0.3) is 5.82 Å². The van der Waals surface area contributed by atoms with E-state index in [0.29, 0.717) is 0 Å². The molecule has 7 heteroatoms. The van der Waals surface area contributed by atoms with Crippen molar-refractivity contribution in [2.75, 3.05) is 5.73 Å². The van der Waals surface area contributed by atoms with Crippen LogP contribution in [0.1, 0.15) is 31.0 Å². The standard InChI is InChI=1S/C12H13F3N4/c1-7(2)9-3-4-19(18-9)11-6-8(12(13,14)15)5-10(16)17-11/h3-7H,1-2H3,(H2,16,17). The van der Waals surface area contributed by atoms with Crippen LogP contribution in [0.15, 0.2) is 24.4 Å². The third-order valence-corrected chi connectivity index (χ3v) is 2.59. The zero-order chi connectivity index (χ0) is 14.2. The quantitative estimate of drug-likeness (QED) is 0.912. The van der Waals surface area contributed by atoms with Crippen molar-refractivity contribution in [3.8, 4) is 5.82 Å². The molecule has 0 aliphatic carbocycles. The summed E-state index contributed by atoms with van der Waals surface area (Å²) in [6.07, 6.45) is -2.89. The van der Waals surface area contributed by atoms with Crippen molar-refractivity contribution < 1.29 is 13.2 Å². The van der Waals surface area contributed by atoms with Gasteiger partial charge in [0.15, 0.2) is 5.82 Å². The minimum Gasteiger partial charge on any atom is -0.384 e. The van der Waals surface area contributed by atoms with E-state index in [1.165, 1.54) is 4.68 Å². The first-order chi connectivity index (χ1) is 8.77. The number of aromatic nitrogens is 3. The van der Waals surface area contributed by atoms with Gasteiger partial charge in [0.25, 0.3) is 0 Å². The zero-order valence-corrected chi connectivity index (χ0v) is 10.4. The van der Waals surface area contributed by atoms with Gasteiger partial charge in [0.1, 0.15) is 5.82 Å². The van der Waals surface area contributed by atoms with E-state index < -0.39 is 11.7 Å². The predicted octanol–water partition coefficient (Wildman–Crippen LogP) is 2.99. The fourth-order valence-corrected chi connectivity index (χ4v) is 1.59. The van der Waals surface area contributed by atoms with Gasteiger partial charge in [0.2, 0.25) is 0 Å². The SMILES string of the molecule is CC(C)c1ccn(-c2cc(C(F)(F)F)cc(N)n2)n1.